The lowest BCUT2D eigenvalue weighted by Crippen LogP contribution is -2.50. The van der Waals surface area contributed by atoms with E-state index in [9.17, 15) is 19.2 Å². The van der Waals surface area contributed by atoms with Gasteiger partial charge in [0, 0.05) is 5.41 Å². The van der Waals surface area contributed by atoms with Crippen molar-refractivity contribution in [2.24, 2.45) is 16.7 Å². The number of nitrogens with one attached hydrogen (secondary N) is 1. The molecule has 0 heterocycles. The van der Waals surface area contributed by atoms with Crippen LogP contribution >= 0.6 is 0 Å². The Labute approximate surface area is 136 Å². The van der Waals surface area contributed by atoms with Gasteiger partial charge in [0.2, 0.25) is 5.91 Å². The lowest BCUT2D eigenvalue weighted by atomic mass is 9.77. The number of amides is 1. The number of carbonyl (C=O) groups is 4. The van der Waals surface area contributed by atoms with Gasteiger partial charge in [0.1, 0.15) is 0 Å². The molecule has 0 aliphatic heterocycles. The number of hydrogen-bond acceptors (Lipinski definition) is 4. The highest BCUT2D eigenvalue weighted by Crippen LogP contribution is 2.29. The largest absolute Gasteiger partial charge is 0.481 e. The third-order valence-corrected chi connectivity index (χ3v) is 3.49. The maximum absolute atomic E-state index is 12.4. The summed E-state index contributed by atoms with van der Waals surface area (Å²) in [6.45, 7) is 10.1. The summed E-state index contributed by atoms with van der Waals surface area (Å²) in [4.78, 5) is 46.7. The van der Waals surface area contributed by atoms with Crippen LogP contribution in [0.3, 0.4) is 0 Å². The van der Waals surface area contributed by atoms with E-state index in [2.05, 4.69) is 5.32 Å². The molecule has 7 heteroatoms. The highest BCUT2D eigenvalue weighted by atomic mass is 16.4. The van der Waals surface area contributed by atoms with Crippen LogP contribution in [0.1, 0.15) is 54.4 Å². The smallest absolute Gasteiger partial charge is 0.305 e. The topological polar surface area (TPSA) is 121 Å². The van der Waals surface area contributed by atoms with Gasteiger partial charge in [-0.25, -0.2) is 0 Å². The van der Waals surface area contributed by atoms with Gasteiger partial charge in [-0.1, -0.05) is 41.5 Å². The van der Waals surface area contributed by atoms with Gasteiger partial charge >= 0.3 is 11.9 Å². The first-order chi connectivity index (χ1) is 10.2. The fraction of sp³-hybridized carbons (Fsp3) is 0.750. The second kappa shape index (κ2) is 7.57. The molecule has 0 aromatic heterocycles. The summed E-state index contributed by atoms with van der Waals surface area (Å²) in [5, 5.41) is 20.4. The van der Waals surface area contributed by atoms with Crippen molar-refractivity contribution in [1.29, 1.82) is 0 Å². The summed E-state index contributed by atoms with van der Waals surface area (Å²) < 4.78 is 0. The number of hydrogen-bond donors (Lipinski definition) is 3. The lowest BCUT2D eigenvalue weighted by Gasteiger charge is -2.31. The van der Waals surface area contributed by atoms with Gasteiger partial charge in [-0.05, 0) is 5.41 Å². The monoisotopic (exact) mass is 329 g/mol. The summed E-state index contributed by atoms with van der Waals surface area (Å²) in [5.74, 6) is -4.24. The van der Waals surface area contributed by atoms with Gasteiger partial charge < -0.3 is 15.5 Å². The minimum atomic E-state index is -1.21. The molecular formula is C16H27NO6. The molecule has 0 aliphatic rings. The summed E-state index contributed by atoms with van der Waals surface area (Å²) in [5.41, 5.74) is -1.46. The van der Waals surface area contributed by atoms with Gasteiger partial charge in [0.15, 0.2) is 5.78 Å². The molecule has 23 heavy (non-hydrogen) atoms. The van der Waals surface area contributed by atoms with Crippen molar-refractivity contribution in [3.8, 4) is 0 Å². The summed E-state index contributed by atoms with van der Waals surface area (Å²) in [6, 6.07) is -1.18. The second-order valence-electron chi connectivity index (χ2n) is 7.79. The molecule has 1 amide bonds. The molecule has 0 bridgehead atoms. The van der Waals surface area contributed by atoms with Crippen molar-refractivity contribution in [3.63, 3.8) is 0 Å². The minimum absolute atomic E-state index is 0.390. The zero-order valence-corrected chi connectivity index (χ0v) is 14.6. The normalized spacial score (nSPS) is 14.7. The number of ketones is 1. The molecule has 0 aromatic carbocycles. The van der Waals surface area contributed by atoms with E-state index in [-0.39, 0.29) is 0 Å². The van der Waals surface area contributed by atoms with Crippen LogP contribution in [0.2, 0.25) is 0 Å². The third kappa shape index (κ3) is 7.25. The number of Topliss-reactive ketones (excluding diaryl/α,β-unsaturated/α-hetero) is 1. The first kappa shape index (κ1) is 21.1. The molecule has 2 unspecified atom stereocenters. The molecule has 2 atom stereocenters. The number of aliphatic carboxylic acids is 2. The van der Waals surface area contributed by atoms with Crippen molar-refractivity contribution < 1.29 is 29.4 Å². The van der Waals surface area contributed by atoms with E-state index in [0.717, 1.165) is 0 Å². The van der Waals surface area contributed by atoms with Gasteiger partial charge in [-0.2, -0.15) is 0 Å². The zero-order valence-electron chi connectivity index (χ0n) is 14.6. The SMILES string of the molecule is CC(C)(C)C(=O)C(CC(=O)O)NC(=O)C(CC(=O)O)C(C)(C)C. The molecule has 0 rings (SSSR count). The van der Waals surface area contributed by atoms with Crippen molar-refractivity contribution in [2.75, 3.05) is 0 Å². The second-order valence-corrected chi connectivity index (χ2v) is 7.79. The number of carbonyl (C=O) groups excluding carboxylic acids is 2. The molecule has 0 aromatic rings. The lowest BCUT2D eigenvalue weighted by molar-refractivity contribution is -0.146. The predicted molar refractivity (Wildman–Crippen MR) is 83.8 cm³/mol. The van der Waals surface area contributed by atoms with E-state index in [1.54, 1.807) is 41.5 Å². The maximum atomic E-state index is 12.4. The van der Waals surface area contributed by atoms with Gasteiger partial charge in [0.25, 0.3) is 0 Å². The fourth-order valence-electron chi connectivity index (χ4n) is 2.15. The Morgan fingerprint density at radius 2 is 1.30 bits per heavy atom. The van der Waals surface area contributed by atoms with Gasteiger partial charge in [-0.3, -0.25) is 19.2 Å². The first-order valence-corrected chi connectivity index (χ1v) is 7.44. The molecule has 0 radical (unpaired) electrons. The summed E-state index contributed by atoms with van der Waals surface area (Å²) >= 11 is 0. The fourth-order valence-corrected chi connectivity index (χ4v) is 2.15. The van der Waals surface area contributed by atoms with Crippen LogP contribution in [0.15, 0.2) is 0 Å². The predicted octanol–water partition coefficient (Wildman–Crippen LogP) is 1.70. The zero-order chi connectivity index (χ0) is 18.6. The van der Waals surface area contributed by atoms with E-state index >= 15 is 0 Å². The minimum Gasteiger partial charge on any atom is -0.481 e. The molecule has 0 saturated carbocycles. The van der Waals surface area contributed by atoms with E-state index in [4.69, 9.17) is 10.2 Å². The average Bonchev–Trinajstić information content (AvgIpc) is 2.30. The van der Waals surface area contributed by atoms with Crippen LogP contribution in [0.5, 0.6) is 0 Å². The molecule has 0 aliphatic carbocycles. The molecular weight excluding hydrogens is 302 g/mol. The van der Waals surface area contributed by atoms with E-state index < -0.39 is 59.3 Å². The van der Waals surface area contributed by atoms with Crippen molar-refractivity contribution in [2.45, 2.75) is 60.4 Å². The third-order valence-electron chi connectivity index (χ3n) is 3.49. The Bertz CT molecular complexity index is 484. The van der Waals surface area contributed by atoms with Gasteiger partial charge in [0.05, 0.1) is 24.8 Å². The van der Waals surface area contributed by atoms with E-state index in [1.807, 2.05) is 0 Å². The van der Waals surface area contributed by atoms with Crippen LogP contribution in [-0.4, -0.2) is 39.9 Å². The molecule has 0 fully saturated rings. The molecule has 7 nitrogen and oxygen atoms in total. The maximum Gasteiger partial charge on any atom is 0.305 e. The van der Waals surface area contributed by atoms with Crippen LogP contribution in [0, 0.1) is 16.7 Å². The first-order valence-electron chi connectivity index (χ1n) is 7.44. The van der Waals surface area contributed by atoms with Crippen molar-refractivity contribution >= 4 is 23.6 Å². The Balaban J connectivity index is 5.38. The van der Waals surface area contributed by atoms with Gasteiger partial charge in [-0.15, -0.1) is 0 Å². The Morgan fingerprint density at radius 3 is 1.61 bits per heavy atom. The highest BCUT2D eigenvalue weighted by Gasteiger charge is 2.37. The highest BCUT2D eigenvalue weighted by molar-refractivity contribution is 5.95. The van der Waals surface area contributed by atoms with E-state index in [0.29, 0.717) is 0 Å². The molecule has 0 saturated heterocycles. The van der Waals surface area contributed by atoms with Crippen LogP contribution in [0.25, 0.3) is 0 Å². The number of rotatable bonds is 7. The van der Waals surface area contributed by atoms with Crippen LogP contribution < -0.4 is 5.32 Å². The molecule has 3 N–H and O–H groups in total. The standard InChI is InChI=1S/C16H27NO6/c1-15(2,3)9(7-11(18)19)14(23)17-10(8-12(20)21)13(22)16(4,5)6/h9-10H,7-8H2,1-6H3,(H,17,23)(H,18,19)(H,20,21). The Kier molecular flexibility index (Phi) is 6.94. The molecule has 132 valence electrons. The quantitative estimate of drug-likeness (QED) is 0.653. The van der Waals surface area contributed by atoms with Crippen LogP contribution in [0.4, 0.5) is 0 Å². The Hall–Kier alpha value is -1.92. The number of carboxylic acids is 2. The summed E-state index contributed by atoms with van der Waals surface area (Å²) in [6.07, 6.45) is -0.926. The number of carboxylic acid groups (broad SMARTS) is 2. The Morgan fingerprint density at radius 1 is 0.870 bits per heavy atom. The van der Waals surface area contributed by atoms with Crippen molar-refractivity contribution in [3.05, 3.63) is 0 Å². The summed E-state index contributed by atoms with van der Waals surface area (Å²) in [7, 11) is 0. The van der Waals surface area contributed by atoms with Crippen LogP contribution in [-0.2, 0) is 19.2 Å². The van der Waals surface area contributed by atoms with Crippen molar-refractivity contribution in [1.82, 2.24) is 5.32 Å². The van der Waals surface area contributed by atoms with E-state index in [1.165, 1.54) is 0 Å². The molecule has 0 spiro atoms. The average molecular weight is 329 g/mol.